The van der Waals surface area contributed by atoms with Gasteiger partial charge in [-0.05, 0) is 72.4 Å². The number of aryl methyl sites for hydroxylation is 2. The minimum absolute atomic E-state index is 0.220. The number of halogens is 1. The van der Waals surface area contributed by atoms with Gasteiger partial charge in [-0.3, -0.25) is 14.4 Å². The van der Waals surface area contributed by atoms with Gasteiger partial charge >= 0.3 is 11.8 Å². The Labute approximate surface area is 231 Å². The number of amides is 3. The summed E-state index contributed by atoms with van der Waals surface area (Å²) in [6.07, 6.45) is 1.34. The fourth-order valence-corrected chi connectivity index (χ4v) is 3.78. The highest BCUT2D eigenvalue weighted by Crippen LogP contribution is 2.22. The first-order valence-corrected chi connectivity index (χ1v) is 12.9. The van der Waals surface area contributed by atoms with Crippen molar-refractivity contribution in [3.05, 3.63) is 93.0 Å². The van der Waals surface area contributed by atoms with Crippen molar-refractivity contribution < 1.29 is 19.1 Å². The van der Waals surface area contributed by atoms with Crippen LogP contribution in [0.2, 0.25) is 0 Å². The molecule has 0 aromatic heterocycles. The van der Waals surface area contributed by atoms with Crippen LogP contribution in [0.15, 0.2) is 70.2 Å². The molecule has 0 heterocycles. The lowest BCUT2D eigenvalue weighted by atomic mass is 10.0. The highest BCUT2D eigenvalue weighted by atomic mass is 79.9. The number of nitrogens with one attached hydrogen (secondary N) is 3. The van der Waals surface area contributed by atoms with Crippen molar-refractivity contribution in [2.75, 3.05) is 11.9 Å². The fourth-order valence-electron chi connectivity index (χ4n) is 3.41. The van der Waals surface area contributed by atoms with Crippen LogP contribution >= 0.6 is 15.9 Å². The van der Waals surface area contributed by atoms with Crippen LogP contribution < -0.4 is 20.8 Å². The first-order valence-electron chi connectivity index (χ1n) is 12.1. The van der Waals surface area contributed by atoms with Crippen LogP contribution in [0.3, 0.4) is 0 Å². The summed E-state index contributed by atoms with van der Waals surface area (Å²) in [7, 11) is 0. The van der Waals surface area contributed by atoms with Crippen molar-refractivity contribution in [2.45, 2.75) is 40.2 Å². The number of carbonyl (C=O) groups is 3. The lowest BCUT2D eigenvalue weighted by Crippen LogP contribution is -2.37. The van der Waals surface area contributed by atoms with E-state index in [1.54, 1.807) is 18.2 Å². The highest BCUT2D eigenvalue weighted by molar-refractivity contribution is 9.10. The number of benzene rings is 3. The molecule has 3 aromatic rings. The number of hydrazone groups is 1. The monoisotopic (exact) mass is 578 g/mol. The molecule has 8 nitrogen and oxygen atoms in total. The molecule has 0 fully saturated rings. The second-order valence-electron chi connectivity index (χ2n) is 9.10. The van der Waals surface area contributed by atoms with Gasteiger partial charge in [0.15, 0.2) is 6.61 Å². The van der Waals surface area contributed by atoms with Crippen LogP contribution in [-0.4, -0.2) is 30.5 Å². The van der Waals surface area contributed by atoms with E-state index in [4.69, 9.17) is 4.74 Å². The summed E-state index contributed by atoms with van der Waals surface area (Å²) in [5, 5.41) is 9.26. The molecule has 0 spiro atoms. The van der Waals surface area contributed by atoms with E-state index >= 15 is 0 Å². The van der Waals surface area contributed by atoms with E-state index in [2.05, 4.69) is 50.9 Å². The van der Waals surface area contributed by atoms with Crippen molar-refractivity contribution in [1.29, 1.82) is 0 Å². The molecule has 38 heavy (non-hydrogen) atoms. The molecule has 0 atom stereocenters. The molecule has 9 heteroatoms. The summed E-state index contributed by atoms with van der Waals surface area (Å²) >= 11 is 3.38. The molecule has 0 aliphatic rings. The molecule has 0 saturated carbocycles. The number of hydrogen-bond acceptors (Lipinski definition) is 5. The Morgan fingerprint density at radius 2 is 1.68 bits per heavy atom. The predicted molar refractivity (Wildman–Crippen MR) is 152 cm³/mol. The van der Waals surface area contributed by atoms with Gasteiger partial charge in [-0.2, -0.15) is 5.10 Å². The number of carbonyl (C=O) groups excluding carboxylic acids is 3. The van der Waals surface area contributed by atoms with E-state index in [0.29, 0.717) is 22.9 Å². The standard InChI is InChI=1S/C29H31BrN4O4/c1-18(2)22-8-6-21(7-9-22)15-31-28(36)29(37)34-32-16-23-14-24(30)10-12-26(23)38-17-27(35)33-25-11-5-19(3)20(4)13-25/h5-14,16,18H,15,17H2,1-4H3,(H,31,36)(H,33,35)(H,34,37)/b32-16-. The van der Waals surface area contributed by atoms with Gasteiger partial charge in [0.1, 0.15) is 5.75 Å². The van der Waals surface area contributed by atoms with E-state index in [9.17, 15) is 14.4 Å². The van der Waals surface area contributed by atoms with Crippen molar-refractivity contribution >= 4 is 45.6 Å². The Kier molecular flexibility index (Phi) is 10.2. The van der Waals surface area contributed by atoms with Gasteiger partial charge in [0, 0.05) is 22.3 Å². The Hall–Kier alpha value is -3.98. The quantitative estimate of drug-likeness (QED) is 0.189. The molecular formula is C29H31BrN4O4. The Morgan fingerprint density at radius 3 is 2.37 bits per heavy atom. The average Bonchev–Trinajstić information content (AvgIpc) is 2.89. The molecule has 0 saturated heterocycles. The maximum atomic E-state index is 12.4. The molecule has 198 valence electrons. The maximum absolute atomic E-state index is 12.4. The predicted octanol–water partition coefficient (Wildman–Crippen LogP) is 4.97. The minimum Gasteiger partial charge on any atom is -0.483 e. The van der Waals surface area contributed by atoms with Crippen LogP contribution in [0.4, 0.5) is 5.69 Å². The Balaban J connectivity index is 1.52. The zero-order valence-corrected chi connectivity index (χ0v) is 23.4. The number of nitrogens with zero attached hydrogens (tertiary/aromatic N) is 1. The van der Waals surface area contributed by atoms with Crippen molar-refractivity contribution in [2.24, 2.45) is 5.10 Å². The topological polar surface area (TPSA) is 109 Å². The van der Waals surface area contributed by atoms with Gasteiger partial charge in [0.05, 0.1) is 6.21 Å². The van der Waals surface area contributed by atoms with E-state index in [-0.39, 0.29) is 19.1 Å². The smallest absolute Gasteiger partial charge is 0.329 e. The molecule has 3 rings (SSSR count). The third-order valence-corrected chi connectivity index (χ3v) is 6.29. The van der Waals surface area contributed by atoms with Crippen LogP contribution in [-0.2, 0) is 20.9 Å². The SMILES string of the molecule is Cc1ccc(NC(=O)COc2ccc(Br)cc2/C=N\NC(=O)C(=O)NCc2ccc(C(C)C)cc2)cc1C. The Bertz CT molecular complexity index is 1340. The van der Waals surface area contributed by atoms with Gasteiger partial charge in [0.2, 0.25) is 0 Å². The summed E-state index contributed by atoms with van der Waals surface area (Å²) in [6, 6.07) is 18.7. The molecule has 0 radical (unpaired) electrons. The zero-order valence-electron chi connectivity index (χ0n) is 21.8. The molecule has 0 aliphatic heterocycles. The molecule has 3 N–H and O–H groups in total. The molecule has 0 bridgehead atoms. The molecular weight excluding hydrogens is 548 g/mol. The van der Waals surface area contributed by atoms with Gasteiger partial charge in [-0.1, -0.05) is 60.1 Å². The van der Waals surface area contributed by atoms with Gasteiger partial charge in [-0.25, -0.2) is 5.43 Å². The molecule has 0 aliphatic carbocycles. The maximum Gasteiger partial charge on any atom is 0.329 e. The number of hydrogen-bond donors (Lipinski definition) is 3. The van der Waals surface area contributed by atoms with Crippen molar-refractivity contribution in [3.63, 3.8) is 0 Å². The average molecular weight is 579 g/mol. The summed E-state index contributed by atoms with van der Waals surface area (Å²) in [5.41, 5.74) is 7.70. The third kappa shape index (κ3) is 8.55. The molecule has 3 amide bonds. The minimum atomic E-state index is -0.898. The third-order valence-electron chi connectivity index (χ3n) is 5.80. The molecule has 3 aromatic carbocycles. The summed E-state index contributed by atoms with van der Waals surface area (Å²) in [6.45, 7) is 8.19. The Morgan fingerprint density at radius 1 is 0.947 bits per heavy atom. The van der Waals surface area contributed by atoms with Crippen LogP contribution in [0.5, 0.6) is 5.75 Å². The number of anilines is 1. The van der Waals surface area contributed by atoms with Gasteiger partial charge < -0.3 is 15.4 Å². The second-order valence-corrected chi connectivity index (χ2v) is 10.0. The van der Waals surface area contributed by atoms with Crippen molar-refractivity contribution in [1.82, 2.24) is 10.7 Å². The van der Waals surface area contributed by atoms with E-state index in [1.807, 2.05) is 56.3 Å². The van der Waals surface area contributed by atoms with Crippen molar-refractivity contribution in [3.8, 4) is 5.75 Å². The zero-order chi connectivity index (χ0) is 27.7. The fraction of sp³-hybridized carbons (Fsp3) is 0.241. The number of ether oxygens (including phenoxy) is 1. The van der Waals surface area contributed by atoms with Crippen LogP contribution in [0.25, 0.3) is 0 Å². The van der Waals surface area contributed by atoms with Crippen LogP contribution in [0.1, 0.15) is 47.6 Å². The van der Waals surface area contributed by atoms with E-state index in [1.165, 1.54) is 11.8 Å². The lowest BCUT2D eigenvalue weighted by molar-refractivity contribution is -0.139. The summed E-state index contributed by atoms with van der Waals surface area (Å²) in [5.74, 6) is -1.22. The lowest BCUT2D eigenvalue weighted by Gasteiger charge is -2.11. The first-order chi connectivity index (χ1) is 18.1. The highest BCUT2D eigenvalue weighted by Gasteiger charge is 2.13. The van der Waals surface area contributed by atoms with Gasteiger partial charge in [0.25, 0.3) is 5.91 Å². The normalized spacial score (nSPS) is 10.9. The van der Waals surface area contributed by atoms with Crippen LogP contribution in [0, 0.1) is 13.8 Å². The number of rotatable bonds is 9. The molecule has 0 unspecified atom stereocenters. The van der Waals surface area contributed by atoms with E-state index in [0.717, 1.165) is 21.2 Å². The second kappa shape index (κ2) is 13.5. The largest absolute Gasteiger partial charge is 0.483 e. The summed E-state index contributed by atoms with van der Waals surface area (Å²) < 4.78 is 6.43. The van der Waals surface area contributed by atoms with E-state index < -0.39 is 11.8 Å². The first kappa shape index (κ1) is 28.6. The van der Waals surface area contributed by atoms with Gasteiger partial charge in [-0.15, -0.1) is 0 Å². The summed E-state index contributed by atoms with van der Waals surface area (Å²) in [4.78, 5) is 36.7.